The Morgan fingerprint density at radius 3 is 2.83 bits per heavy atom. The first kappa shape index (κ1) is 19.5. The van der Waals surface area contributed by atoms with Crippen LogP contribution in [0.15, 0.2) is 41.0 Å². The van der Waals surface area contributed by atoms with Crippen molar-refractivity contribution >= 4 is 52.3 Å². The Morgan fingerprint density at radius 1 is 1.21 bits per heavy atom. The maximum atomic E-state index is 13.0. The van der Waals surface area contributed by atoms with Gasteiger partial charge in [-0.1, -0.05) is 29.3 Å². The van der Waals surface area contributed by atoms with Crippen molar-refractivity contribution in [3.63, 3.8) is 0 Å². The lowest BCUT2D eigenvalue weighted by atomic mass is 9.96. The van der Waals surface area contributed by atoms with Crippen molar-refractivity contribution in [1.29, 1.82) is 0 Å². The van der Waals surface area contributed by atoms with Crippen LogP contribution in [0.25, 0.3) is 11.0 Å². The summed E-state index contributed by atoms with van der Waals surface area (Å²) in [5.74, 6) is -0.617. The number of fused-ring (bicyclic) bond motifs is 2. The number of hydrogen-bond donors (Lipinski definition) is 1. The Morgan fingerprint density at radius 2 is 2.03 bits per heavy atom. The molecule has 148 valence electrons. The summed E-state index contributed by atoms with van der Waals surface area (Å²) >= 11 is 12.7. The molecule has 2 amide bonds. The molecular weight excluding hydrogens is 415 g/mol. The van der Waals surface area contributed by atoms with Gasteiger partial charge in [0, 0.05) is 24.0 Å². The van der Waals surface area contributed by atoms with Crippen LogP contribution in [0.1, 0.15) is 31.8 Å². The SMILES string of the molecule is O=CCNC(=O)c1c(Cl)cc2c(c1Cl)CCN(C(=O)c1ccc3ccoc3c1)C2. The molecule has 0 radical (unpaired) electrons. The van der Waals surface area contributed by atoms with Crippen molar-refractivity contribution in [3.05, 3.63) is 68.9 Å². The third kappa shape index (κ3) is 3.61. The number of carbonyl (C=O) groups excluding carboxylic acids is 3. The van der Waals surface area contributed by atoms with Gasteiger partial charge in [-0.15, -0.1) is 0 Å². The highest BCUT2D eigenvalue weighted by Crippen LogP contribution is 2.35. The summed E-state index contributed by atoms with van der Waals surface area (Å²) in [6.45, 7) is 0.670. The molecule has 2 aromatic carbocycles. The fourth-order valence-corrected chi connectivity index (χ4v) is 4.29. The fraction of sp³-hybridized carbons (Fsp3) is 0.190. The number of carbonyl (C=O) groups is 3. The standard InChI is InChI=1S/C21H16Cl2N2O4/c22-16-9-14-11-25(21(28)13-2-1-12-4-8-29-17(12)10-13)6-3-15(14)19(23)18(16)20(27)24-5-7-26/h1-2,4,7-10H,3,5-6,11H2,(H,24,27). The molecule has 6 nitrogen and oxygen atoms in total. The van der Waals surface area contributed by atoms with Gasteiger partial charge in [0.15, 0.2) is 0 Å². The summed E-state index contributed by atoms with van der Waals surface area (Å²) < 4.78 is 5.38. The van der Waals surface area contributed by atoms with Crippen LogP contribution in [0.4, 0.5) is 0 Å². The number of halogens is 2. The smallest absolute Gasteiger partial charge is 0.254 e. The number of benzene rings is 2. The molecule has 1 N–H and O–H groups in total. The lowest BCUT2D eigenvalue weighted by Crippen LogP contribution is -2.36. The second-order valence-corrected chi connectivity index (χ2v) is 7.50. The maximum absolute atomic E-state index is 13.0. The molecule has 0 atom stereocenters. The van der Waals surface area contributed by atoms with Crippen molar-refractivity contribution in [2.24, 2.45) is 0 Å². The second kappa shape index (κ2) is 7.89. The number of nitrogens with zero attached hydrogens (tertiary/aromatic N) is 1. The van der Waals surface area contributed by atoms with E-state index in [2.05, 4.69) is 5.32 Å². The van der Waals surface area contributed by atoms with E-state index in [1.165, 1.54) is 0 Å². The van der Waals surface area contributed by atoms with Gasteiger partial charge < -0.3 is 19.4 Å². The molecule has 0 saturated heterocycles. The molecule has 2 heterocycles. The van der Waals surface area contributed by atoms with Crippen LogP contribution in [0.3, 0.4) is 0 Å². The van der Waals surface area contributed by atoms with Crippen LogP contribution < -0.4 is 5.32 Å². The van der Waals surface area contributed by atoms with Gasteiger partial charge in [-0.2, -0.15) is 0 Å². The van der Waals surface area contributed by atoms with E-state index in [1.807, 2.05) is 12.1 Å². The van der Waals surface area contributed by atoms with Gasteiger partial charge in [-0.05, 0) is 41.8 Å². The first-order valence-electron chi connectivity index (χ1n) is 8.97. The summed E-state index contributed by atoms with van der Waals surface area (Å²) in [4.78, 5) is 37.4. The molecule has 1 aromatic heterocycles. The highest BCUT2D eigenvalue weighted by atomic mass is 35.5. The Bertz CT molecular complexity index is 1140. The molecule has 0 aliphatic carbocycles. The van der Waals surface area contributed by atoms with Crippen molar-refractivity contribution in [2.45, 2.75) is 13.0 Å². The molecule has 4 rings (SSSR count). The average molecular weight is 431 g/mol. The van der Waals surface area contributed by atoms with E-state index < -0.39 is 5.91 Å². The third-order valence-corrected chi connectivity index (χ3v) is 5.68. The molecule has 3 aromatic rings. The van der Waals surface area contributed by atoms with Crippen molar-refractivity contribution < 1.29 is 18.8 Å². The van der Waals surface area contributed by atoms with Gasteiger partial charge in [0.2, 0.25) is 0 Å². The average Bonchev–Trinajstić information content (AvgIpc) is 3.19. The molecule has 0 saturated carbocycles. The van der Waals surface area contributed by atoms with E-state index >= 15 is 0 Å². The highest BCUT2D eigenvalue weighted by molar-refractivity contribution is 6.40. The fourth-order valence-electron chi connectivity index (χ4n) is 3.53. The highest BCUT2D eigenvalue weighted by Gasteiger charge is 2.27. The minimum Gasteiger partial charge on any atom is -0.464 e. The van der Waals surface area contributed by atoms with E-state index in [1.54, 1.807) is 29.4 Å². The monoisotopic (exact) mass is 430 g/mol. The van der Waals surface area contributed by atoms with E-state index in [9.17, 15) is 14.4 Å². The zero-order chi connectivity index (χ0) is 20.5. The predicted molar refractivity (Wildman–Crippen MR) is 110 cm³/mol. The quantitative estimate of drug-likeness (QED) is 0.637. The molecular formula is C21H16Cl2N2O4. The minimum atomic E-state index is -0.500. The number of rotatable bonds is 4. The first-order chi connectivity index (χ1) is 14.0. The molecule has 1 aliphatic rings. The molecule has 0 bridgehead atoms. The Hall–Kier alpha value is -2.83. The van der Waals surface area contributed by atoms with Crippen LogP contribution in [-0.2, 0) is 17.8 Å². The summed E-state index contributed by atoms with van der Waals surface area (Å²) in [6.07, 6.45) is 2.67. The van der Waals surface area contributed by atoms with Gasteiger partial charge in [0.05, 0.1) is 28.4 Å². The summed E-state index contributed by atoms with van der Waals surface area (Å²) in [6, 6.07) is 8.85. The maximum Gasteiger partial charge on any atom is 0.254 e. The zero-order valence-electron chi connectivity index (χ0n) is 15.2. The van der Waals surface area contributed by atoms with E-state index in [4.69, 9.17) is 27.6 Å². The van der Waals surface area contributed by atoms with Gasteiger partial charge in [0.25, 0.3) is 11.8 Å². The Labute approximate surface area is 176 Å². The van der Waals surface area contributed by atoms with E-state index in [0.29, 0.717) is 36.9 Å². The Kier molecular flexibility index (Phi) is 5.30. The van der Waals surface area contributed by atoms with Crippen LogP contribution in [0.2, 0.25) is 10.0 Å². The summed E-state index contributed by atoms with van der Waals surface area (Å²) in [5, 5.41) is 3.83. The predicted octanol–water partition coefficient (Wildman–Crippen LogP) is 3.87. The van der Waals surface area contributed by atoms with Crippen LogP contribution >= 0.6 is 23.2 Å². The molecule has 0 unspecified atom stereocenters. The van der Waals surface area contributed by atoms with Crippen LogP contribution in [0.5, 0.6) is 0 Å². The first-order valence-corrected chi connectivity index (χ1v) is 9.73. The van der Waals surface area contributed by atoms with Crippen molar-refractivity contribution in [1.82, 2.24) is 10.2 Å². The number of aldehydes is 1. The minimum absolute atomic E-state index is 0.117. The number of nitrogens with one attached hydrogen (secondary N) is 1. The number of amides is 2. The zero-order valence-corrected chi connectivity index (χ0v) is 16.7. The summed E-state index contributed by atoms with van der Waals surface area (Å²) in [5.41, 5.74) is 2.93. The Balaban J connectivity index is 1.60. The molecule has 8 heteroatoms. The molecule has 1 aliphatic heterocycles. The van der Waals surface area contributed by atoms with Gasteiger partial charge in [0.1, 0.15) is 11.9 Å². The van der Waals surface area contributed by atoms with Crippen molar-refractivity contribution in [3.8, 4) is 0 Å². The van der Waals surface area contributed by atoms with Gasteiger partial charge in [-0.3, -0.25) is 9.59 Å². The second-order valence-electron chi connectivity index (χ2n) is 6.71. The number of furan rings is 1. The molecule has 0 fully saturated rings. The largest absolute Gasteiger partial charge is 0.464 e. The lowest BCUT2D eigenvalue weighted by molar-refractivity contribution is -0.107. The van der Waals surface area contributed by atoms with E-state index in [0.717, 1.165) is 16.5 Å². The summed E-state index contributed by atoms with van der Waals surface area (Å²) in [7, 11) is 0. The molecule has 0 spiro atoms. The number of hydrogen-bond acceptors (Lipinski definition) is 4. The normalized spacial score (nSPS) is 13.2. The third-order valence-electron chi connectivity index (χ3n) is 4.97. The topological polar surface area (TPSA) is 79.6 Å². The van der Waals surface area contributed by atoms with Gasteiger partial charge in [-0.25, -0.2) is 0 Å². The van der Waals surface area contributed by atoms with Crippen LogP contribution in [-0.4, -0.2) is 36.1 Å². The van der Waals surface area contributed by atoms with Crippen molar-refractivity contribution in [2.75, 3.05) is 13.1 Å². The molecule has 29 heavy (non-hydrogen) atoms. The lowest BCUT2D eigenvalue weighted by Gasteiger charge is -2.30. The van der Waals surface area contributed by atoms with E-state index in [-0.39, 0.29) is 28.1 Å². The van der Waals surface area contributed by atoms with Crippen LogP contribution in [0, 0.1) is 0 Å². The van der Waals surface area contributed by atoms with Gasteiger partial charge >= 0.3 is 0 Å².